The van der Waals surface area contributed by atoms with Crippen LogP contribution >= 0.6 is 11.3 Å². The maximum atomic E-state index is 5.70. The highest BCUT2D eigenvalue weighted by atomic mass is 32.1. The highest BCUT2D eigenvalue weighted by Gasteiger charge is 2.30. The van der Waals surface area contributed by atoms with E-state index in [2.05, 4.69) is 15.8 Å². The Kier molecular flexibility index (Phi) is 4.86. The Morgan fingerprint density at radius 1 is 1.62 bits per heavy atom. The van der Waals surface area contributed by atoms with Crippen molar-refractivity contribution in [2.45, 2.75) is 45.8 Å². The van der Waals surface area contributed by atoms with Gasteiger partial charge in [-0.3, -0.25) is 11.3 Å². The second-order valence-corrected chi connectivity index (χ2v) is 5.29. The van der Waals surface area contributed by atoms with Crippen LogP contribution in [0.15, 0.2) is 5.38 Å². The monoisotopic (exact) mass is 243 g/mol. The van der Waals surface area contributed by atoms with Gasteiger partial charge in [0.05, 0.1) is 16.7 Å². The summed E-state index contributed by atoms with van der Waals surface area (Å²) in [5.41, 5.74) is 3.60. The summed E-state index contributed by atoms with van der Waals surface area (Å²) >= 11 is 1.67. The van der Waals surface area contributed by atoms with E-state index in [1.165, 1.54) is 0 Å². The molecular weight excluding hydrogens is 222 g/mol. The van der Waals surface area contributed by atoms with Gasteiger partial charge in [-0.05, 0) is 27.7 Å². The molecule has 1 unspecified atom stereocenters. The second-order valence-electron chi connectivity index (χ2n) is 4.34. The maximum Gasteiger partial charge on any atom is 0.0945 e. The predicted molar refractivity (Wildman–Crippen MR) is 67.4 cm³/mol. The number of aryl methyl sites for hydroxylation is 1. The first-order valence-corrected chi connectivity index (χ1v) is 6.38. The summed E-state index contributed by atoms with van der Waals surface area (Å²) in [6, 6.07) is 0.0676. The number of ether oxygens (including phenoxy) is 1. The van der Waals surface area contributed by atoms with Crippen molar-refractivity contribution in [1.82, 2.24) is 10.4 Å². The molecule has 0 fully saturated rings. The van der Waals surface area contributed by atoms with Gasteiger partial charge in [0.25, 0.3) is 0 Å². The molecule has 1 atom stereocenters. The highest BCUT2D eigenvalue weighted by Crippen LogP contribution is 2.20. The molecule has 92 valence electrons. The highest BCUT2D eigenvalue weighted by molar-refractivity contribution is 7.09. The molecule has 0 aliphatic heterocycles. The summed E-state index contributed by atoms with van der Waals surface area (Å²) < 4.78 is 5.70. The van der Waals surface area contributed by atoms with E-state index in [0.29, 0.717) is 6.61 Å². The lowest BCUT2D eigenvalue weighted by Crippen LogP contribution is -2.52. The molecule has 0 saturated heterocycles. The number of nitrogens with two attached hydrogens (primary N) is 1. The lowest BCUT2D eigenvalue weighted by atomic mass is 9.96. The van der Waals surface area contributed by atoms with Crippen molar-refractivity contribution in [3.63, 3.8) is 0 Å². The Bertz CT molecular complexity index is 325. The molecule has 1 aromatic heterocycles. The third-order valence-electron chi connectivity index (χ3n) is 2.60. The van der Waals surface area contributed by atoms with Gasteiger partial charge in [-0.2, -0.15) is 0 Å². The van der Waals surface area contributed by atoms with Gasteiger partial charge in [0.1, 0.15) is 0 Å². The molecule has 3 N–H and O–H groups in total. The van der Waals surface area contributed by atoms with E-state index in [9.17, 15) is 0 Å². The van der Waals surface area contributed by atoms with Crippen molar-refractivity contribution in [1.29, 1.82) is 0 Å². The van der Waals surface area contributed by atoms with E-state index in [1.807, 2.05) is 27.7 Å². The van der Waals surface area contributed by atoms with Crippen LogP contribution in [-0.2, 0) is 11.2 Å². The molecule has 0 amide bonds. The van der Waals surface area contributed by atoms with Crippen molar-refractivity contribution in [2.24, 2.45) is 5.84 Å². The zero-order valence-corrected chi connectivity index (χ0v) is 11.2. The van der Waals surface area contributed by atoms with Gasteiger partial charge in [0, 0.05) is 24.1 Å². The van der Waals surface area contributed by atoms with Crippen molar-refractivity contribution in [3.8, 4) is 0 Å². The molecule has 0 radical (unpaired) electrons. The molecule has 0 saturated carbocycles. The molecule has 0 aliphatic rings. The van der Waals surface area contributed by atoms with E-state index in [1.54, 1.807) is 11.3 Å². The fraction of sp³-hybridized carbons (Fsp3) is 0.727. The van der Waals surface area contributed by atoms with Crippen LogP contribution in [0, 0.1) is 6.92 Å². The first-order valence-electron chi connectivity index (χ1n) is 5.50. The minimum Gasteiger partial charge on any atom is -0.374 e. The van der Waals surface area contributed by atoms with Gasteiger partial charge in [0.15, 0.2) is 0 Å². The van der Waals surface area contributed by atoms with Crippen molar-refractivity contribution >= 4 is 11.3 Å². The lowest BCUT2D eigenvalue weighted by molar-refractivity contribution is -0.0381. The number of rotatable bonds is 6. The summed E-state index contributed by atoms with van der Waals surface area (Å²) in [7, 11) is 0. The zero-order valence-electron chi connectivity index (χ0n) is 10.4. The number of hydrogen-bond acceptors (Lipinski definition) is 5. The maximum absolute atomic E-state index is 5.70. The van der Waals surface area contributed by atoms with Gasteiger partial charge in [-0.25, -0.2) is 4.98 Å². The largest absolute Gasteiger partial charge is 0.374 e. The Balaban J connectivity index is 2.68. The van der Waals surface area contributed by atoms with Crippen LogP contribution < -0.4 is 11.3 Å². The van der Waals surface area contributed by atoms with Crippen LogP contribution in [0.3, 0.4) is 0 Å². The Labute approximate surface area is 101 Å². The van der Waals surface area contributed by atoms with Gasteiger partial charge >= 0.3 is 0 Å². The average molecular weight is 243 g/mol. The van der Waals surface area contributed by atoms with Crippen molar-refractivity contribution in [2.75, 3.05) is 6.61 Å². The molecule has 0 bridgehead atoms. The van der Waals surface area contributed by atoms with Crippen LogP contribution in [-0.4, -0.2) is 23.2 Å². The third-order valence-corrected chi connectivity index (χ3v) is 3.59. The molecule has 0 aromatic carbocycles. The molecule has 0 aliphatic carbocycles. The Hall–Kier alpha value is -0.490. The van der Waals surface area contributed by atoms with Crippen LogP contribution in [0.5, 0.6) is 0 Å². The van der Waals surface area contributed by atoms with Gasteiger partial charge in [-0.1, -0.05) is 0 Å². The Morgan fingerprint density at radius 2 is 2.31 bits per heavy atom. The number of hydrazine groups is 1. The summed E-state index contributed by atoms with van der Waals surface area (Å²) in [6.07, 6.45) is 0.794. The molecule has 4 nitrogen and oxygen atoms in total. The molecular formula is C11H21N3OS. The second kappa shape index (κ2) is 5.72. The predicted octanol–water partition coefficient (Wildman–Crippen LogP) is 1.64. The van der Waals surface area contributed by atoms with Crippen LogP contribution in [0.2, 0.25) is 0 Å². The lowest BCUT2D eigenvalue weighted by Gasteiger charge is -2.33. The summed E-state index contributed by atoms with van der Waals surface area (Å²) in [5.74, 6) is 5.59. The van der Waals surface area contributed by atoms with E-state index < -0.39 is 0 Å². The molecule has 1 rings (SSSR count). The number of nitrogens with one attached hydrogen (secondary N) is 1. The van der Waals surface area contributed by atoms with Crippen molar-refractivity contribution in [3.05, 3.63) is 16.1 Å². The first kappa shape index (κ1) is 13.6. The quantitative estimate of drug-likeness (QED) is 0.589. The van der Waals surface area contributed by atoms with Gasteiger partial charge < -0.3 is 4.74 Å². The number of nitrogens with zero attached hydrogens (tertiary/aromatic N) is 1. The molecule has 1 aromatic rings. The molecule has 16 heavy (non-hydrogen) atoms. The van der Waals surface area contributed by atoms with E-state index in [4.69, 9.17) is 10.6 Å². The number of hydrogen-bond donors (Lipinski definition) is 2. The third kappa shape index (κ3) is 3.52. The van der Waals surface area contributed by atoms with E-state index in [0.717, 1.165) is 17.1 Å². The van der Waals surface area contributed by atoms with E-state index >= 15 is 0 Å². The first-order chi connectivity index (χ1) is 7.49. The van der Waals surface area contributed by atoms with Crippen LogP contribution in [0.1, 0.15) is 31.5 Å². The fourth-order valence-corrected chi connectivity index (χ4v) is 2.47. The molecule has 0 spiro atoms. The Morgan fingerprint density at radius 3 is 2.75 bits per heavy atom. The number of aromatic nitrogens is 1. The summed E-state index contributed by atoms with van der Waals surface area (Å²) in [4.78, 5) is 4.44. The minimum atomic E-state index is -0.289. The number of thiazole rings is 1. The normalized spacial score (nSPS) is 14.1. The average Bonchev–Trinajstić information content (AvgIpc) is 2.60. The van der Waals surface area contributed by atoms with Gasteiger partial charge in [-0.15, -0.1) is 11.3 Å². The van der Waals surface area contributed by atoms with Crippen LogP contribution in [0.25, 0.3) is 0 Å². The smallest absolute Gasteiger partial charge is 0.0945 e. The van der Waals surface area contributed by atoms with Crippen molar-refractivity contribution < 1.29 is 4.74 Å². The minimum absolute atomic E-state index is 0.0676. The topological polar surface area (TPSA) is 60.2 Å². The zero-order chi connectivity index (χ0) is 12.2. The van der Waals surface area contributed by atoms with E-state index in [-0.39, 0.29) is 11.6 Å². The SMILES string of the molecule is CCOC(C)(C)C(Cc1nc(C)cs1)NN. The van der Waals surface area contributed by atoms with Crippen LogP contribution in [0.4, 0.5) is 0 Å². The fourth-order valence-electron chi connectivity index (χ4n) is 1.65. The summed E-state index contributed by atoms with van der Waals surface area (Å²) in [5, 5.41) is 3.14. The standard InChI is InChI=1S/C11H21N3OS/c1-5-15-11(3,4)9(14-12)6-10-13-8(2)7-16-10/h7,9,14H,5-6,12H2,1-4H3. The van der Waals surface area contributed by atoms with Gasteiger partial charge in [0.2, 0.25) is 0 Å². The molecule has 5 heteroatoms. The summed E-state index contributed by atoms with van der Waals surface area (Å²) in [6.45, 7) is 8.76. The molecule has 1 heterocycles.